The molecule has 0 fully saturated rings. The van der Waals surface area contributed by atoms with Crippen LogP contribution in [0.15, 0.2) is 0 Å². The number of rotatable bonds is 11. The predicted molar refractivity (Wildman–Crippen MR) is 64.8 cm³/mol. The van der Waals surface area contributed by atoms with E-state index in [1.165, 1.54) is 25.7 Å². The molecule has 0 aliphatic carbocycles. The second-order valence-corrected chi connectivity index (χ2v) is 4.58. The van der Waals surface area contributed by atoms with Gasteiger partial charge in [-0.25, -0.2) is 0 Å². The molecule has 0 aromatic rings. The maximum atomic E-state index is 10.6. The lowest BCUT2D eigenvalue weighted by Gasteiger charge is -2.16. The van der Waals surface area contributed by atoms with Crippen LogP contribution in [0.2, 0.25) is 0 Å². The van der Waals surface area contributed by atoms with Crippen LogP contribution in [0.3, 0.4) is 0 Å². The molecule has 3 heteroatoms. The van der Waals surface area contributed by atoms with E-state index < -0.39 is 5.97 Å². The molecule has 0 saturated carbocycles. The Kier molecular flexibility index (Phi) is 10.5. The highest BCUT2D eigenvalue weighted by Crippen LogP contribution is 2.19. The fourth-order valence-electron chi connectivity index (χ4n) is 2.03. The van der Waals surface area contributed by atoms with Crippen LogP contribution in [0, 0.1) is 5.92 Å². The molecule has 16 heavy (non-hydrogen) atoms. The van der Waals surface area contributed by atoms with E-state index in [0.29, 0.717) is 6.54 Å². The van der Waals surface area contributed by atoms with Crippen molar-refractivity contribution in [3.05, 3.63) is 0 Å². The van der Waals surface area contributed by atoms with Crippen LogP contribution in [0.1, 0.15) is 64.7 Å². The molecular weight excluding hydrogens is 202 g/mol. The van der Waals surface area contributed by atoms with Gasteiger partial charge in [0.15, 0.2) is 0 Å². The number of carboxylic acids is 1. The van der Waals surface area contributed by atoms with E-state index in [4.69, 9.17) is 5.73 Å². The van der Waals surface area contributed by atoms with E-state index in [9.17, 15) is 9.90 Å². The molecular formula is C13H26NO2-. The number of hydrogen-bond acceptors (Lipinski definition) is 3. The lowest BCUT2D eigenvalue weighted by molar-refractivity contribution is -0.306. The van der Waals surface area contributed by atoms with Gasteiger partial charge in [0.25, 0.3) is 0 Å². The van der Waals surface area contributed by atoms with Crippen LogP contribution in [0.5, 0.6) is 0 Å². The molecule has 0 radical (unpaired) electrons. The van der Waals surface area contributed by atoms with E-state index in [2.05, 4.69) is 6.92 Å². The number of carbonyl (C=O) groups is 1. The number of carbonyl (C=O) groups excluding carboxylic acids is 1. The van der Waals surface area contributed by atoms with Gasteiger partial charge in [0.05, 0.1) is 0 Å². The van der Waals surface area contributed by atoms with Crippen LogP contribution in [0.4, 0.5) is 0 Å². The van der Waals surface area contributed by atoms with Crippen LogP contribution < -0.4 is 10.8 Å². The van der Waals surface area contributed by atoms with Crippen molar-refractivity contribution in [3.63, 3.8) is 0 Å². The molecule has 1 unspecified atom stereocenters. The van der Waals surface area contributed by atoms with E-state index in [0.717, 1.165) is 25.7 Å². The van der Waals surface area contributed by atoms with Gasteiger partial charge in [-0.05, 0) is 31.7 Å². The first-order valence-corrected chi connectivity index (χ1v) is 6.60. The lowest BCUT2D eigenvalue weighted by Crippen LogP contribution is -2.25. The van der Waals surface area contributed by atoms with Gasteiger partial charge in [0, 0.05) is 5.97 Å². The smallest absolute Gasteiger partial charge is 0.0417 e. The number of carboxylic acid groups (broad SMARTS) is 1. The Morgan fingerprint density at radius 2 is 1.75 bits per heavy atom. The topological polar surface area (TPSA) is 66.2 Å². The minimum Gasteiger partial charge on any atom is -0.550 e. The molecule has 0 saturated heterocycles. The second kappa shape index (κ2) is 10.9. The molecule has 96 valence electrons. The standard InChI is InChI=1S/C13H27NO2/c1-2-3-4-5-6-8-12(9-7-10-14)11-13(15)16/h12H,2-11,14H2,1H3,(H,15,16)/p-1. The van der Waals surface area contributed by atoms with Crippen molar-refractivity contribution >= 4 is 5.97 Å². The quantitative estimate of drug-likeness (QED) is 0.549. The molecule has 0 amide bonds. The summed E-state index contributed by atoms with van der Waals surface area (Å²) in [5.41, 5.74) is 5.44. The summed E-state index contributed by atoms with van der Waals surface area (Å²) in [7, 11) is 0. The zero-order valence-corrected chi connectivity index (χ0v) is 10.5. The first-order chi connectivity index (χ1) is 7.70. The number of aliphatic carboxylic acids is 1. The van der Waals surface area contributed by atoms with E-state index in [1.54, 1.807) is 0 Å². The molecule has 1 atom stereocenters. The van der Waals surface area contributed by atoms with Crippen molar-refractivity contribution in [2.24, 2.45) is 11.7 Å². The summed E-state index contributed by atoms with van der Waals surface area (Å²) in [6, 6.07) is 0. The first kappa shape index (κ1) is 15.4. The van der Waals surface area contributed by atoms with Crippen molar-refractivity contribution in [2.75, 3.05) is 6.54 Å². The Bertz CT molecular complexity index is 171. The molecule has 0 aromatic heterocycles. The molecule has 0 heterocycles. The summed E-state index contributed by atoms with van der Waals surface area (Å²) in [6.45, 7) is 2.85. The average Bonchev–Trinajstić information content (AvgIpc) is 2.24. The summed E-state index contributed by atoms with van der Waals surface area (Å²) in [5.74, 6) is -0.647. The maximum absolute atomic E-state index is 10.6. The van der Waals surface area contributed by atoms with Gasteiger partial charge in [-0.3, -0.25) is 0 Å². The number of hydrogen-bond donors (Lipinski definition) is 1. The third-order valence-corrected chi connectivity index (χ3v) is 2.99. The van der Waals surface area contributed by atoms with E-state index >= 15 is 0 Å². The third-order valence-electron chi connectivity index (χ3n) is 2.99. The number of nitrogens with two attached hydrogens (primary N) is 1. The molecule has 0 rings (SSSR count). The van der Waals surface area contributed by atoms with Crippen molar-refractivity contribution < 1.29 is 9.90 Å². The zero-order valence-electron chi connectivity index (χ0n) is 10.5. The van der Waals surface area contributed by atoms with Gasteiger partial charge in [-0.1, -0.05) is 45.4 Å². The van der Waals surface area contributed by atoms with Crippen molar-refractivity contribution in [1.82, 2.24) is 0 Å². The van der Waals surface area contributed by atoms with Crippen molar-refractivity contribution in [3.8, 4) is 0 Å². The second-order valence-electron chi connectivity index (χ2n) is 4.58. The molecule has 0 aliphatic heterocycles. The van der Waals surface area contributed by atoms with E-state index in [1.807, 2.05) is 0 Å². The van der Waals surface area contributed by atoms with Crippen LogP contribution in [0.25, 0.3) is 0 Å². The normalized spacial score (nSPS) is 12.6. The number of unbranched alkanes of at least 4 members (excludes halogenated alkanes) is 4. The Hall–Kier alpha value is -0.570. The molecule has 3 nitrogen and oxygen atoms in total. The van der Waals surface area contributed by atoms with Gasteiger partial charge < -0.3 is 15.6 Å². The average molecular weight is 228 g/mol. The highest BCUT2D eigenvalue weighted by atomic mass is 16.4. The molecule has 0 aliphatic rings. The zero-order chi connectivity index (χ0) is 12.2. The van der Waals surface area contributed by atoms with Gasteiger partial charge in [-0.2, -0.15) is 0 Å². The largest absolute Gasteiger partial charge is 0.550 e. The van der Waals surface area contributed by atoms with Gasteiger partial charge in [0.2, 0.25) is 0 Å². The minimum absolute atomic E-state index is 0.202. The summed E-state index contributed by atoms with van der Waals surface area (Å²) in [4.78, 5) is 10.6. The van der Waals surface area contributed by atoms with Gasteiger partial charge in [-0.15, -0.1) is 0 Å². The van der Waals surface area contributed by atoms with Crippen LogP contribution >= 0.6 is 0 Å². The highest BCUT2D eigenvalue weighted by Gasteiger charge is 2.08. The molecule has 2 N–H and O–H groups in total. The predicted octanol–water partition coefficient (Wildman–Crippen LogP) is 1.84. The fourth-order valence-corrected chi connectivity index (χ4v) is 2.03. The highest BCUT2D eigenvalue weighted by molar-refractivity contribution is 5.64. The van der Waals surface area contributed by atoms with Gasteiger partial charge >= 0.3 is 0 Å². The van der Waals surface area contributed by atoms with Crippen molar-refractivity contribution in [1.29, 1.82) is 0 Å². The monoisotopic (exact) mass is 228 g/mol. The Balaban J connectivity index is 3.60. The fraction of sp³-hybridized carbons (Fsp3) is 0.923. The van der Waals surface area contributed by atoms with Crippen LogP contribution in [-0.4, -0.2) is 12.5 Å². The molecule has 0 spiro atoms. The Morgan fingerprint density at radius 1 is 1.12 bits per heavy atom. The van der Waals surface area contributed by atoms with E-state index in [-0.39, 0.29) is 12.3 Å². The third kappa shape index (κ3) is 9.97. The Morgan fingerprint density at radius 3 is 2.31 bits per heavy atom. The van der Waals surface area contributed by atoms with Crippen molar-refractivity contribution in [2.45, 2.75) is 64.7 Å². The SMILES string of the molecule is CCCCCCCC(CCCN)CC(=O)[O-]. The lowest BCUT2D eigenvalue weighted by atomic mass is 9.93. The molecule has 0 aromatic carbocycles. The summed E-state index contributed by atoms with van der Waals surface area (Å²) in [5, 5.41) is 10.6. The maximum Gasteiger partial charge on any atom is 0.0417 e. The summed E-state index contributed by atoms with van der Waals surface area (Å²) in [6.07, 6.45) is 9.23. The van der Waals surface area contributed by atoms with Crippen LogP contribution in [-0.2, 0) is 4.79 Å². The summed E-state index contributed by atoms with van der Waals surface area (Å²) >= 11 is 0. The van der Waals surface area contributed by atoms with Gasteiger partial charge in [0.1, 0.15) is 0 Å². The summed E-state index contributed by atoms with van der Waals surface area (Å²) < 4.78 is 0. The first-order valence-electron chi connectivity index (χ1n) is 6.60. The minimum atomic E-state index is -0.921. The Labute approximate surface area is 99.4 Å². The molecule has 0 bridgehead atoms.